The number of hydrogen-bond acceptors (Lipinski definition) is 3. The summed E-state index contributed by atoms with van der Waals surface area (Å²) in [4.78, 5) is 12.0. The van der Waals surface area contributed by atoms with E-state index in [1.165, 1.54) is 0 Å². The predicted molar refractivity (Wildman–Crippen MR) is 79.3 cm³/mol. The molecule has 1 amide bonds. The molecule has 1 atom stereocenters. The Balaban J connectivity index is 1.89. The summed E-state index contributed by atoms with van der Waals surface area (Å²) < 4.78 is 8.17. The van der Waals surface area contributed by atoms with Crippen LogP contribution in [0.15, 0.2) is 41.0 Å². The maximum absolute atomic E-state index is 12.0. The van der Waals surface area contributed by atoms with Crippen molar-refractivity contribution in [2.45, 2.75) is 19.6 Å². The Morgan fingerprint density at radius 2 is 2.20 bits per heavy atom. The van der Waals surface area contributed by atoms with Gasteiger partial charge in [0.1, 0.15) is 5.75 Å². The fourth-order valence-corrected chi connectivity index (χ4v) is 2.06. The molecule has 1 unspecified atom stereocenters. The molecule has 0 aliphatic heterocycles. The van der Waals surface area contributed by atoms with Crippen molar-refractivity contribution in [1.82, 2.24) is 15.1 Å². The lowest BCUT2D eigenvalue weighted by Gasteiger charge is -2.15. The maximum atomic E-state index is 12.0. The summed E-state index contributed by atoms with van der Waals surface area (Å²) in [5, 5.41) is 6.87. The molecule has 6 heteroatoms. The lowest BCUT2D eigenvalue weighted by Crippen LogP contribution is -2.36. The molecule has 2 rings (SSSR count). The van der Waals surface area contributed by atoms with Crippen LogP contribution in [-0.2, 0) is 18.4 Å². The van der Waals surface area contributed by atoms with Gasteiger partial charge in [-0.15, -0.1) is 0 Å². The number of para-hydroxylation sites is 1. The number of halogens is 1. The highest BCUT2D eigenvalue weighted by Crippen LogP contribution is 2.24. The van der Waals surface area contributed by atoms with E-state index in [1.807, 2.05) is 37.4 Å². The topological polar surface area (TPSA) is 56.1 Å². The second-order valence-electron chi connectivity index (χ2n) is 4.35. The zero-order valence-electron chi connectivity index (χ0n) is 11.3. The molecule has 0 saturated heterocycles. The maximum Gasteiger partial charge on any atom is 0.261 e. The van der Waals surface area contributed by atoms with Crippen molar-refractivity contribution >= 4 is 21.8 Å². The van der Waals surface area contributed by atoms with Crippen molar-refractivity contribution in [1.29, 1.82) is 0 Å². The monoisotopic (exact) mass is 337 g/mol. The molecule has 0 aliphatic carbocycles. The lowest BCUT2D eigenvalue weighted by atomic mass is 10.3. The third-order valence-corrected chi connectivity index (χ3v) is 3.53. The molecule has 0 aliphatic rings. The standard InChI is InChI=1S/C14H16BrN3O2/c1-10(20-13-6-4-3-5-12(13)15)14(19)16-9-11-7-8-17-18(11)2/h3-8,10H,9H2,1-2H3,(H,16,19). The van der Waals surface area contributed by atoms with Gasteiger partial charge in [-0.3, -0.25) is 9.48 Å². The number of benzene rings is 1. The zero-order valence-corrected chi connectivity index (χ0v) is 12.9. The summed E-state index contributed by atoms with van der Waals surface area (Å²) in [6.07, 6.45) is 1.13. The second kappa shape index (κ2) is 6.56. The second-order valence-corrected chi connectivity index (χ2v) is 5.21. The van der Waals surface area contributed by atoms with Crippen LogP contribution in [0.2, 0.25) is 0 Å². The largest absolute Gasteiger partial charge is 0.480 e. The number of nitrogens with one attached hydrogen (secondary N) is 1. The lowest BCUT2D eigenvalue weighted by molar-refractivity contribution is -0.127. The highest BCUT2D eigenvalue weighted by atomic mass is 79.9. The van der Waals surface area contributed by atoms with Gasteiger partial charge in [-0.05, 0) is 41.1 Å². The van der Waals surface area contributed by atoms with E-state index in [0.29, 0.717) is 12.3 Å². The normalized spacial score (nSPS) is 11.9. The Hall–Kier alpha value is -1.82. The third-order valence-electron chi connectivity index (χ3n) is 2.88. The van der Waals surface area contributed by atoms with Crippen LogP contribution in [0, 0.1) is 0 Å². The van der Waals surface area contributed by atoms with Crippen LogP contribution >= 0.6 is 15.9 Å². The summed E-state index contributed by atoms with van der Waals surface area (Å²) >= 11 is 3.39. The number of aryl methyl sites for hydroxylation is 1. The molecule has 5 nitrogen and oxygen atoms in total. The fraction of sp³-hybridized carbons (Fsp3) is 0.286. The molecule has 1 heterocycles. The number of amides is 1. The minimum atomic E-state index is -0.568. The highest BCUT2D eigenvalue weighted by molar-refractivity contribution is 9.10. The van der Waals surface area contributed by atoms with Gasteiger partial charge in [0.25, 0.3) is 5.91 Å². The van der Waals surface area contributed by atoms with Crippen molar-refractivity contribution in [2.75, 3.05) is 0 Å². The predicted octanol–water partition coefficient (Wildman–Crippen LogP) is 2.27. The first-order valence-corrected chi connectivity index (χ1v) is 7.03. The van der Waals surface area contributed by atoms with Crippen LogP contribution in [0.4, 0.5) is 0 Å². The van der Waals surface area contributed by atoms with Crippen LogP contribution in [0.1, 0.15) is 12.6 Å². The third kappa shape index (κ3) is 3.60. The van der Waals surface area contributed by atoms with E-state index in [1.54, 1.807) is 17.8 Å². The van der Waals surface area contributed by atoms with Crippen molar-refractivity contribution in [3.8, 4) is 5.75 Å². The van der Waals surface area contributed by atoms with Crippen LogP contribution in [0.25, 0.3) is 0 Å². The summed E-state index contributed by atoms with van der Waals surface area (Å²) in [6.45, 7) is 2.15. The highest BCUT2D eigenvalue weighted by Gasteiger charge is 2.15. The number of hydrogen-bond donors (Lipinski definition) is 1. The van der Waals surface area contributed by atoms with Gasteiger partial charge in [-0.1, -0.05) is 12.1 Å². The van der Waals surface area contributed by atoms with Gasteiger partial charge in [0, 0.05) is 13.2 Å². The quantitative estimate of drug-likeness (QED) is 0.910. The molecule has 106 valence electrons. The Morgan fingerprint density at radius 3 is 2.85 bits per heavy atom. The van der Waals surface area contributed by atoms with Crippen LogP contribution in [0.3, 0.4) is 0 Å². The first-order valence-electron chi connectivity index (χ1n) is 6.23. The summed E-state index contributed by atoms with van der Waals surface area (Å²) in [7, 11) is 1.84. The molecular formula is C14H16BrN3O2. The molecule has 0 radical (unpaired) electrons. The van der Waals surface area contributed by atoms with Crippen molar-refractivity contribution in [3.63, 3.8) is 0 Å². The number of carbonyl (C=O) groups is 1. The summed E-state index contributed by atoms with van der Waals surface area (Å²) in [5.41, 5.74) is 0.937. The van der Waals surface area contributed by atoms with Crippen LogP contribution in [0.5, 0.6) is 5.75 Å². The Morgan fingerprint density at radius 1 is 1.45 bits per heavy atom. The molecule has 0 saturated carbocycles. The Kier molecular flexibility index (Phi) is 4.79. The average molecular weight is 338 g/mol. The number of ether oxygens (including phenoxy) is 1. The number of carbonyl (C=O) groups excluding carboxylic acids is 1. The molecule has 1 N–H and O–H groups in total. The smallest absolute Gasteiger partial charge is 0.261 e. The molecule has 0 fully saturated rings. The van der Waals surface area contributed by atoms with E-state index < -0.39 is 6.10 Å². The molecular weight excluding hydrogens is 322 g/mol. The van der Waals surface area contributed by atoms with E-state index >= 15 is 0 Å². The van der Waals surface area contributed by atoms with E-state index in [-0.39, 0.29) is 5.91 Å². The van der Waals surface area contributed by atoms with Gasteiger partial charge in [0.2, 0.25) is 0 Å². The first kappa shape index (κ1) is 14.6. The molecule has 2 aromatic rings. The van der Waals surface area contributed by atoms with E-state index in [0.717, 1.165) is 10.2 Å². The van der Waals surface area contributed by atoms with Gasteiger partial charge in [-0.25, -0.2) is 0 Å². The SMILES string of the molecule is CC(Oc1ccccc1Br)C(=O)NCc1ccnn1C. The molecule has 20 heavy (non-hydrogen) atoms. The number of aromatic nitrogens is 2. The van der Waals surface area contributed by atoms with Crippen molar-refractivity contribution < 1.29 is 9.53 Å². The van der Waals surface area contributed by atoms with Crippen LogP contribution in [-0.4, -0.2) is 21.8 Å². The van der Waals surface area contributed by atoms with Crippen LogP contribution < -0.4 is 10.1 Å². The van der Waals surface area contributed by atoms with Crippen molar-refractivity contribution in [3.05, 3.63) is 46.7 Å². The minimum Gasteiger partial charge on any atom is -0.480 e. The van der Waals surface area contributed by atoms with E-state index in [4.69, 9.17) is 4.74 Å². The molecule has 0 bridgehead atoms. The van der Waals surface area contributed by atoms with Gasteiger partial charge < -0.3 is 10.1 Å². The average Bonchev–Trinajstić information content (AvgIpc) is 2.84. The Bertz CT molecular complexity index is 598. The molecule has 1 aromatic carbocycles. The van der Waals surface area contributed by atoms with Crippen molar-refractivity contribution in [2.24, 2.45) is 7.05 Å². The van der Waals surface area contributed by atoms with Gasteiger partial charge in [0.05, 0.1) is 16.7 Å². The van der Waals surface area contributed by atoms with Gasteiger partial charge in [0.15, 0.2) is 6.10 Å². The van der Waals surface area contributed by atoms with E-state index in [2.05, 4.69) is 26.3 Å². The summed E-state index contributed by atoms with van der Waals surface area (Å²) in [5.74, 6) is 0.484. The first-order chi connectivity index (χ1) is 9.58. The number of rotatable bonds is 5. The van der Waals surface area contributed by atoms with Gasteiger partial charge in [-0.2, -0.15) is 5.10 Å². The zero-order chi connectivity index (χ0) is 14.5. The Labute approximate surface area is 126 Å². The fourth-order valence-electron chi connectivity index (χ4n) is 1.68. The number of nitrogens with zero attached hydrogens (tertiary/aromatic N) is 2. The van der Waals surface area contributed by atoms with E-state index in [9.17, 15) is 4.79 Å². The minimum absolute atomic E-state index is 0.165. The van der Waals surface area contributed by atoms with Gasteiger partial charge >= 0.3 is 0 Å². The molecule has 1 aromatic heterocycles. The molecule has 0 spiro atoms. The summed E-state index contributed by atoms with van der Waals surface area (Å²) in [6, 6.07) is 9.30.